The topological polar surface area (TPSA) is 73.8 Å². The highest BCUT2D eigenvalue weighted by Crippen LogP contribution is 2.12. The molecule has 0 fully saturated rings. The van der Waals surface area contributed by atoms with Crippen LogP contribution in [0.1, 0.15) is 5.69 Å². The van der Waals surface area contributed by atoms with E-state index in [0.717, 1.165) is 5.69 Å². The zero-order valence-electron chi connectivity index (χ0n) is 9.93. The summed E-state index contributed by atoms with van der Waals surface area (Å²) in [7, 11) is 0. The normalized spacial score (nSPS) is 10.5. The maximum atomic E-state index is 11.7. The van der Waals surface area contributed by atoms with Gasteiger partial charge in [0.2, 0.25) is 0 Å². The molecule has 0 bridgehead atoms. The van der Waals surface area contributed by atoms with Gasteiger partial charge in [0.05, 0.1) is 17.8 Å². The highest BCUT2D eigenvalue weighted by atomic mass is 16.4. The summed E-state index contributed by atoms with van der Waals surface area (Å²) in [6.45, 7) is 0.281. The molecule has 0 N–H and O–H groups in total. The van der Waals surface area contributed by atoms with Gasteiger partial charge in [-0.1, -0.05) is 6.07 Å². The van der Waals surface area contributed by atoms with Crippen LogP contribution < -0.4 is 5.76 Å². The van der Waals surface area contributed by atoms with Gasteiger partial charge in [0.15, 0.2) is 0 Å². The highest BCUT2D eigenvalue weighted by Gasteiger charge is 2.10. The van der Waals surface area contributed by atoms with Crippen LogP contribution in [0.3, 0.4) is 0 Å². The van der Waals surface area contributed by atoms with Crippen LogP contribution in [-0.2, 0) is 6.54 Å². The molecule has 0 radical (unpaired) electrons. The van der Waals surface area contributed by atoms with E-state index in [9.17, 15) is 4.79 Å². The monoisotopic (exact) mass is 254 g/mol. The van der Waals surface area contributed by atoms with Crippen LogP contribution >= 0.6 is 0 Å². The number of rotatable bonds is 3. The Balaban J connectivity index is 1.93. The molecule has 0 unspecified atom stereocenters. The Bertz CT molecular complexity index is 719. The maximum Gasteiger partial charge on any atom is 0.437 e. The number of hydrogen-bond donors (Lipinski definition) is 0. The van der Waals surface area contributed by atoms with Crippen LogP contribution in [-0.4, -0.2) is 19.7 Å². The van der Waals surface area contributed by atoms with E-state index in [2.05, 4.69) is 15.1 Å². The standard InChI is InChI=1S/C13H10N4O2/c18-13-17(9-11-5-1-2-7-15-11)16-12(19-13)10-4-3-6-14-8-10/h1-8H,9H2. The minimum Gasteiger partial charge on any atom is -0.388 e. The second kappa shape index (κ2) is 4.85. The average Bonchev–Trinajstić information content (AvgIpc) is 2.82. The predicted molar refractivity (Wildman–Crippen MR) is 67.3 cm³/mol. The Hall–Kier alpha value is -2.76. The van der Waals surface area contributed by atoms with Crippen molar-refractivity contribution in [2.75, 3.05) is 0 Å². The molecular formula is C13H10N4O2. The Morgan fingerprint density at radius 3 is 2.84 bits per heavy atom. The third-order valence-electron chi connectivity index (χ3n) is 2.55. The van der Waals surface area contributed by atoms with E-state index in [-0.39, 0.29) is 12.4 Å². The van der Waals surface area contributed by atoms with Crippen molar-refractivity contribution in [1.82, 2.24) is 19.7 Å². The first-order valence-electron chi connectivity index (χ1n) is 5.71. The van der Waals surface area contributed by atoms with Crippen LogP contribution in [0, 0.1) is 0 Å². The van der Waals surface area contributed by atoms with Crippen molar-refractivity contribution in [2.45, 2.75) is 6.54 Å². The van der Waals surface area contributed by atoms with E-state index in [4.69, 9.17) is 4.42 Å². The maximum absolute atomic E-state index is 11.7. The van der Waals surface area contributed by atoms with E-state index < -0.39 is 5.76 Å². The summed E-state index contributed by atoms with van der Waals surface area (Å²) in [6, 6.07) is 9.03. The number of hydrogen-bond acceptors (Lipinski definition) is 5. The largest absolute Gasteiger partial charge is 0.437 e. The first-order valence-corrected chi connectivity index (χ1v) is 5.71. The van der Waals surface area contributed by atoms with Crippen LogP contribution in [0.5, 0.6) is 0 Å². The summed E-state index contributed by atoms with van der Waals surface area (Å²) >= 11 is 0. The molecule has 0 aromatic carbocycles. The number of aromatic nitrogens is 4. The van der Waals surface area contributed by atoms with Crippen LogP contribution in [0.2, 0.25) is 0 Å². The molecule has 19 heavy (non-hydrogen) atoms. The molecule has 0 saturated heterocycles. The smallest absolute Gasteiger partial charge is 0.388 e. The van der Waals surface area contributed by atoms with Crippen molar-refractivity contribution < 1.29 is 4.42 Å². The Morgan fingerprint density at radius 1 is 1.16 bits per heavy atom. The Labute approximate surface area is 108 Å². The van der Waals surface area contributed by atoms with Crippen molar-refractivity contribution in [3.8, 4) is 11.5 Å². The number of pyridine rings is 2. The van der Waals surface area contributed by atoms with E-state index in [1.807, 2.05) is 18.2 Å². The molecule has 6 nitrogen and oxygen atoms in total. The van der Waals surface area contributed by atoms with Crippen molar-refractivity contribution in [1.29, 1.82) is 0 Å². The molecule has 0 aliphatic rings. The Morgan fingerprint density at radius 2 is 2.11 bits per heavy atom. The van der Waals surface area contributed by atoms with Gasteiger partial charge in [-0.25, -0.2) is 4.79 Å². The van der Waals surface area contributed by atoms with Gasteiger partial charge >= 0.3 is 5.76 Å². The highest BCUT2D eigenvalue weighted by molar-refractivity contribution is 5.49. The molecule has 3 heterocycles. The molecule has 6 heteroatoms. The van der Waals surface area contributed by atoms with Gasteiger partial charge in [-0.3, -0.25) is 9.97 Å². The van der Waals surface area contributed by atoms with E-state index in [0.29, 0.717) is 5.56 Å². The van der Waals surface area contributed by atoms with Gasteiger partial charge in [-0.15, -0.1) is 5.10 Å². The van der Waals surface area contributed by atoms with E-state index >= 15 is 0 Å². The first-order chi connectivity index (χ1) is 9.33. The second-order valence-electron chi connectivity index (χ2n) is 3.89. The summed E-state index contributed by atoms with van der Waals surface area (Å²) < 4.78 is 6.34. The molecule has 94 valence electrons. The van der Waals surface area contributed by atoms with Crippen molar-refractivity contribution in [3.05, 3.63) is 65.2 Å². The molecule has 0 amide bonds. The van der Waals surface area contributed by atoms with Crippen molar-refractivity contribution >= 4 is 0 Å². The van der Waals surface area contributed by atoms with Crippen molar-refractivity contribution in [2.24, 2.45) is 0 Å². The van der Waals surface area contributed by atoms with Gasteiger partial charge in [0.1, 0.15) is 0 Å². The van der Waals surface area contributed by atoms with Gasteiger partial charge < -0.3 is 4.42 Å². The molecular weight excluding hydrogens is 244 g/mol. The summed E-state index contributed by atoms with van der Waals surface area (Å²) in [6.07, 6.45) is 4.91. The van der Waals surface area contributed by atoms with Gasteiger partial charge in [-0.05, 0) is 24.3 Å². The van der Waals surface area contributed by atoms with Gasteiger partial charge in [0, 0.05) is 18.6 Å². The first kappa shape index (κ1) is 11.3. The SMILES string of the molecule is O=c1oc(-c2cccnc2)nn1Cc1ccccn1. The molecule has 3 rings (SSSR count). The van der Waals surface area contributed by atoms with Crippen LogP contribution in [0.15, 0.2) is 58.1 Å². The molecule has 0 aliphatic carbocycles. The van der Waals surface area contributed by atoms with Crippen LogP contribution in [0.25, 0.3) is 11.5 Å². The Kier molecular flexibility index (Phi) is 2.89. The fourth-order valence-corrected chi connectivity index (χ4v) is 1.66. The minimum atomic E-state index is -0.510. The molecule has 3 aromatic rings. The molecule has 0 atom stereocenters. The van der Waals surface area contributed by atoms with E-state index in [1.54, 1.807) is 30.7 Å². The van der Waals surface area contributed by atoms with Gasteiger partial charge in [0.25, 0.3) is 5.89 Å². The third kappa shape index (κ3) is 2.42. The second-order valence-corrected chi connectivity index (χ2v) is 3.89. The summed E-state index contributed by atoms with van der Waals surface area (Å²) in [5.41, 5.74) is 1.41. The fourth-order valence-electron chi connectivity index (χ4n) is 1.66. The quantitative estimate of drug-likeness (QED) is 0.705. The number of nitrogens with zero attached hydrogens (tertiary/aromatic N) is 4. The minimum absolute atomic E-state index is 0.258. The van der Waals surface area contributed by atoms with Crippen molar-refractivity contribution in [3.63, 3.8) is 0 Å². The summed E-state index contributed by atoms with van der Waals surface area (Å²) in [5.74, 6) is -0.251. The van der Waals surface area contributed by atoms with E-state index in [1.165, 1.54) is 4.68 Å². The summed E-state index contributed by atoms with van der Waals surface area (Å²) in [5, 5.41) is 4.13. The van der Waals surface area contributed by atoms with Gasteiger partial charge in [-0.2, -0.15) is 4.68 Å². The predicted octanol–water partition coefficient (Wildman–Crippen LogP) is 1.34. The lowest BCUT2D eigenvalue weighted by molar-refractivity contribution is 0.493. The molecule has 3 aromatic heterocycles. The zero-order chi connectivity index (χ0) is 13.1. The fraction of sp³-hybridized carbons (Fsp3) is 0.0769. The lowest BCUT2D eigenvalue weighted by atomic mass is 10.3. The lowest BCUT2D eigenvalue weighted by Gasteiger charge is -1.97. The molecule has 0 aliphatic heterocycles. The summed E-state index contributed by atoms with van der Waals surface area (Å²) in [4.78, 5) is 19.8. The molecule has 0 saturated carbocycles. The third-order valence-corrected chi connectivity index (χ3v) is 2.55. The zero-order valence-corrected chi connectivity index (χ0v) is 9.93. The lowest BCUT2D eigenvalue weighted by Crippen LogP contribution is -2.17. The molecule has 0 spiro atoms. The average molecular weight is 254 g/mol. The van der Waals surface area contributed by atoms with Crippen LogP contribution in [0.4, 0.5) is 0 Å².